The predicted molar refractivity (Wildman–Crippen MR) is 89.3 cm³/mol. The van der Waals surface area contributed by atoms with Crippen LogP contribution < -0.4 is 10.1 Å². The monoisotopic (exact) mass is 332 g/mol. The summed E-state index contributed by atoms with van der Waals surface area (Å²) < 4.78 is 11.5. The van der Waals surface area contributed by atoms with Crippen molar-refractivity contribution in [2.24, 2.45) is 0 Å². The molecule has 2 aliphatic rings. The van der Waals surface area contributed by atoms with Crippen molar-refractivity contribution in [2.75, 3.05) is 19.6 Å². The normalized spacial score (nSPS) is 23.8. The van der Waals surface area contributed by atoms with E-state index >= 15 is 0 Å². The molecule has 0 radical (unpaired) electrons. The van der Waals surface area contributed by atoms with Gasteiger partial charge in [0.25, 0.3) is 0 Å². The number of nitrogens with zero attached hydrogens (tertiary/aromatic N) is 1. The van der Waals surface area contributed by atoms with Crippen LogP contribution in [-0.2, 0) is 6.42 Å². The maximum Gasteiger partial charge on any atom is 0.134 e. The molecule has 2 atom stereocenters. The second kappa shape index (κ2) is 6.72. The number of piperidine rings is 1. The van der Waals surface area contributed by atoms with Crippen LogP contribution >= 0.6 is 0 Å². The Hall–Kier alpha value is -1.60. The molecular formula is C18H24N2O4. The molecule has 2 aromatic rings. The molecule has 130 valence electrons. The molecule has 2 unspecified atom stereocenters. The van der Waals surface area contributed by atoms with Gasteiger partial charge >= 0.3 is 0 Å². The Bertz CT molecular complexity index is 693. The third-order valence-corrected chi connectivity index (χ3v) is 5.13. The highest BCUT2D eigenvalue weighted by atomic mass is 16.5. The van der Waals surface area contributed by atoms with Crippen molar-refractivity contribution in [2.45, 2.75) is 43.9 Å². The molecule has 0 spiro atoms. The molecule has 24 heavy (non-hydrogen) atoms. The standard InChI is InChI=1S/C18H24N2O4/c21-15(11-19-14-3-6-20(22)7-4-14)16-2-1-12-9-17-13(5-8-23-17)10-18(12)24-16/h5,8-10,14-16,19,21-22H,1-4,6-7,11H2. The quantitative estimate of drug-likeness (QED) is 0.794. The molecule has 6 nitrogen and oxygen atoms in total. The van der Waals surface area contributed by atoms with Gasteiger partial charge in [-0.1, -0.05) is 0 Å². The topological polar surface area (TPSA) is 78.1 Å². The first-order valence-corrected chi connectivity index (χ1v) is 8.71. The molecule has 1 aromatic carbocycles. The van der Waals surface area contributed by atoms with Gasteiger partial charge in [-0.05, 0) is 49.4 Å². The van der Waals surface area contributed by atoms with E-state index in [0.717, 1.165) is 48.0 Å². The number of benzene rings is 1. The van der Waals surface area contributed by atoms with Crippen molar-refractivity contribution in [1.82, 2.24) is 10.4 Å². The number of fused-ring (bicyclic) bond motifs is 2. The fourth-order valence-electron chi connectivity index (χ4n) is 3.62. The molecule has 2 aliphatic heterocycles. The number of aryl methyl sites for hydroxylation is 1. The third kappa shape index (κ3) is 3.28. The number of furan rings is 1. The van der Waals surface area contributed by atoms with Gasteiger partial charge in [0, 0.05) is 31.1 Å². The molecule has 0 amide bonds. The summed E-state index contributed by atoms with van der Waals surface area (Å²) >= 11 is 0. The van der Waals surface area contributed by atoms with Crippen LogP contribution in [-0.4, -0.2) is 53.3 Å². The van der Waals surface area contributed by atoms with Crippen molar-refractivity contribution >= 4 is 11.0 Å². The molecular weight excluding hydrogens is 308 g/mol. The molecule has 4 rings (SSSR count). The smallest absolute Gasteiger partial charge is 0.134 e. The van der Waals surface area contributed by atoms with E-state index in [0.29, 0.717) is 25.7 Å². The summed E-state index contributed by atoms with van der Waals surface area (Å²) in [7, 11) is 0. The number of aliphatic hydroxyl groups is 1. The minimum absolute atomic E-state index is 0.188. The molecule has 1 saturated heterocycles. The summed E-state index contributed by atoms with van der Waals surface area (Å²) in [6.07, 6.45) is 4.45. The molecule has 3 N–H and O–H groups in total. The van der Waals surface area contributed by atoms with Crippen molar-refractivity contribution in [3.05, 3.63) is 30.0 Å². The first-order valence-electron chi connectivity index (χ1n) is 8.71. The number of hydroxylamine groups is 2. The number of ether oxygens (including phenoxy) is 1. The minimum Gasteiger partial charge on any atom is -0.487 e. The lowest BCUT2D eigenvalue weighted by Gasteiger charge is -2.32. The zero-order valence-corrected chi connectivity index (χ0v) is 13.6. The molecule has 3 heterocycles. The molecule has 0 aliphatic carbocycles. The molecule has 1 fully saturated rings. The number of hydrogen-bond acceptors (Lipinski definition) is 6. The van der Waals surface area contributed by atoms with Gasteiger partial charge in [0.15, 0.2) is 0 Å². The maximum absolute atomic E-state index is 10.5. The zero-order chi connectivity index (χ0) is 16.5. The third-order valence-electron chi connectivity index (χ3n) is 5.13. The second-order valence-electron chi connectivity index (χ2n) is 6.82. The van der Waals surface area contributed by atoms with Gasteiger partial charge in [0.05, 0.1) is 6.26 Å². The largest absolute Gasteiger partial charge is 0.487 e. The van der Waals surface area contributed by atoms with E-state index in [1.54, 1.807) is 6.26 Å². The molecule has 0 saturated carbocycles. The Kier molecular flexibility index (Phi) is 4.45. The maximum atomic E-state index is 10.5. The van der Waals surface area contributed by atoms with Crippen LogP contribution in [0.4, 0.5) is 0 Å². The van der Waals surface area contributed by atoms with E-state index in [9.17, 15) is 10.3 Å². The lowest BCUT2D eigenvalue weighted by atomic mass is 9.97. The number of rotatable bonds is 4. The van der Waals surface area contributed by atoms with Crippen LogP contribution in [0, 0.1) is 0 Å². The first kappa shape index (κ1) is 15.9. The Balaban J connectivity index is 1.35. The van der Waals surface area contributed by atoms with Crippen molar-refractivity contribution in [3.63, 3.8) is 0 Å². The summed E-state index contributed by atoms with van der Waals surface area (Å²) in [6.45, 7) is 1.88. The lowest BCUT2D eigenvalue weighted by molar-refractivity contribution is -0.108. The van der Waals surface area contributed by atoms with Crippen LogP contribution in [0.2, 0.25) is 0 Å². The molecule has 1 aromatic heterocycles. The van der Waals surface area contributed by atoms with E-state index in [1.165, 1.54) is 5.06 Å². The van der Waals surface area contributed by atoms with Crippen LogP contribution in [0.25, 0.3) is 11.0 Å². The second-order valence-corrected chi connectivity index (χ2v) is 6.82. The van der Waals surface area contributed by atoms with Gasteiger partial charge in [-0.15, -0.1) is 0 Å². The van der Waals surface area contributed by atoms with E-state index in [2.05, 4.69) is 5.32 Å². The predicted octanol–water partition coefficient (Wildman–Crippen LogP) is 1.93. The fourth-order valence-corrected chi connectivity index (χ4v) is 3.62. The summed E-state index contributed by atoms with van der Waals surface area (Å²) in [5, 5.41) is 25.7. The van der Waals surface area contributed by atoms with Gasteiger partial charge in [0.1, 0.15) is 23.5 Å². The van der Waals surface area contributed by atoms with Gasteiger partial charge < -0.3 is 24.8 Å². The van der Waals surface area contributed by atoms with Gasteiger partial charge in [0.2, 0.25) is 0 Å². The number of hydrogen-bond donors (Lipinski definition) is 3. The average molecular weight is 332 g/mol. The molecule has 0 bridgehead atoms. The Morgan fingerprint density at radius 1 is 1.25 bits per heavy atom. The van der Waals surface area contributed by atoms with E-state index in [-0.39, 0.29) is 6.10 Å². The van der Waals surface area contributed by atoms with Crippen LogP contribution in [0.5, 0.6) is 5.75 Å². The van der Waals surface area contributed by atoms with Gasteiger partial charge in [-0.25, -0.2) is 0 Å². The minimum atomic E-state index is -0.537. The van der Waals surface area contributed by atoms with Gasteiger partial charge in [-0.3, -0.25) is 0 Å². The van der Waals surface area contributed by atoms with E-state index < -0.39 is 6.10 Å². The van der Waals surface area contributed by atoms with Crippen molar-refractivity contribution in [1.29, 1.82) is 0 Å². The van der Waals surface area contributed by atoms with Crippen LogP contribution in [0.3, 0.4) is 0 Å². The Morgan fingerprint density at radius 3 is 2.92 bits per heavy atom. The highest BCUT2D eigenvalue weighted by Crippen LogP contribution is 2.33. The number of nitrogens with one attached hydrogen (secondary N) is 1. The van der Waals surface area contributed by atoms with Crippen LogP contribution in [0.1, 0.15) is 24.8 Å². The fraction of sp³-hybridized carbons (Fsp3) is 0.556. The van der Waals surface area contributed by atoms with Crippen LogP contribution in [0.15, 0.2) is 28.9 Å². The van der Waals surface area contributed by atoms with Crippen molar-refractivity contribution in [3.8, 4) is 5.75 Å². The highest BCUT2D eigenvalue weighted by molar-refractivity contribution is 5.80. The molecule has 6 heteroatoms. The van der Waals surface area contributed by atoms with Crippen molar-refractivity contribution < 1.29 is 19.5 Å². The first-order chi connectivity index (χ1) is 11.7. The van der Waals surface area contributed by atoms with E-state index in [1.807, 2.05) is 18.2 Å². The SMILES string of the molecule is OC(CNC1CCN(O)CC1)C1CCc2cc3occc3cc2O1. The zero-order valence-electron chi connectivity index (χ0n) is 13.6. The lowest BCUT2D eigenvalue weighted by Crippen LogP contribution is -2.47. The number of aliphatic hydroxyl groups excluding tert-OH is 1. The highest BCUT2D eigenvalue weighted by Gasteiger charge is 2.28. The summed E-state index contributed by atoms with van der Waals surface area (Å²) in [5.74, 6) is 0.854. The summed E-state index contributed by atoms with van der Waals surface area (Å²) in [6, 6.07) is 6.31. The summed E-state index contributed by atoms with van der Waals surface area (Å²) in [4.78, 5) is 0. The summed E-state index contributed by atoms with van der Waals surface area (Å²) in [5.41, 5.74) is 2.03. The van der Waals surface area contributed by atoms with E-state index in [4.69, 9.17) is 9.15 Å². The Labute approximate surface area is 141 Å². The van der Waals surface area contributed by atoms with Gasteiger partial charge in [-0.2, -0.15) is 5.06 Å². The Morgan fingerprint density at radius 2 is 2.08 bits per heavy atom. The average Bonchev–Trinajstić information content (AvgIpc) is 3.05.